The van der Waals surface area contributed by atoms with Crippen LogP contribution in [-0.2, 0) is 22.6 Å². The molecule has 1 aromatic carbocycles. The summed E-state index contributed by atoms with van der Waals surface area (Å²) in [6.45, 7) is 0. The normalized spacial score (nSPS) is 12.4. The number of benzene rings is 1. The van der Waals surface area contributed by atoms with Crippen LogP contribution in [0.3, 0.4) is 0 Å². The highest BCUT2D eigenvalue weighted by Gasteiger charge is 2.31. The Morgan fingerprint density at radius 1 is 1.13 bits per heavy atom. The maximum Gasteiger partial charge on any atom is 0.417 e. The molecule has 3 rings (SSSR count). The molecule has 0 fully saturated rings. The lowest BCUT2D eigenvalue weighted by molar-refractivity contribution is -0.137. The molecule has 0 unspecified atom stereocenters. The molecular weight excluding hydrogens is 482 g/mol. The Morgan fingerprint density at radius 3 is 2.47 bits per heavy atom. The Labute approximate surface area is 184 Å². The zero-order chi connectivity index (χ0) is 21.9. The van der Waals surface area contributed by atoms with Crippen LogP contribution in [0.5, 0.6) is 0 Å². The molecule has 0 bridgehead atoms. The molecule has 0 aliphatic carbocycles. The van der Waals surface area contributed by atoms with Gasteiger partial charge in [-0.25, -0.2) is 0 Å². The topological polar surface area (TPSA) is 71.4 Å². The number of rotatable bonds is 6. The average molecular weight is 494 g/mol. The third-order valence-corrected chi connectivity index (χ3v) is 7.12. The fraction of sp³-hybridized carbons (Fsp3) is 0.111. The zero-order valence-electron chi connectivity index (χ0n) is 14.8. The number of sulfonamides is 1. The number of hydrazone groups is 1. The summed E-state index contributed by atoms with van der Waals surface area (Å²) in [6, 6.07) is 10.3. The molecule has 0 amide bonds. The predicted octanol–water partition coefficient (Wildman–Crippen LogP) is 5.37. The number of hydrogen-bond acceptors (Lipinski definition) is 5. The second-order valence-corrected chi connectivity index (χ2v) is 9.85. The van der Waals surface area contributed by atoms with Crippen molar-refractivity contribution in [3.8, 4) is 0 Å². The Balaban J connectivity index is 1.70. The Bertz CT molecular complexity index is 1180. The van der Waals surface area contributed by atoms with Crippen LogP contribution >= 0.6 is 34.5 Å². The Kier molecular flexibility index (Phi) is 6.71. The van der Waals surface area contributed by atoms with E-state index in [0.717, 1.165) is 17.4 Å². The molecular formula is C18H12Cl2F3N3O2S2. The number of alkyl halides is 3. The maximum atomic E-state index is 12.7. The molecule has 0 spiro atoms. The summed E-state index contributed by atoms with van der Waals surface area (Å²) in [4.78, 5) is 6.42. The van der Waals surface area contributed by atoms with Gasteiger partial charge in [-0.15, -0.1) is 11.3 Å². The SMILES string of the molecule is O=S(=O)(NN=Cc1ccc(Cl)cc1)c1ccc(Cc2ncc(C(F)(F)F)cc2Cl)s1. The van der Waals surface area contributed by atoms with Gasteiger partial charge in [0.05, 0.1) is 22.5 Å². The monoisotopic (exact) mass is 493 g/mol. The van der Waals surface area contributed by atoms with E-state index in [9.17, 15) is 21.6 Å². The van der Waals surface area contributed by atoms with Crippen molar-refractivity contribution in [3.05, 3.63) is 80.4 Å². The highest BCUT2D eigenvalue weighted by Crippen LogP contribution is 2.32. The lowest BCUT2D eigenvalue weighted by Crippen LogP contribution is -2.17. The van der Waals surface area contributed by atoms with Crippen molar-refractivity contribution < 1.29 is 21.6 Å². The molecule has 30 heavy (non-hydrogen) atoms. The molecule has 158 valence electrons. The van der Waals surface area contributed by atoms with Gasteiger partial charge >= 0.3 is 6.18 Å². The van der Waals surface area contributed by atoms with Gasteiger partial charge in [-0.1, -0.05) is 35.3 Å². The molecule has 5 nitrogen and oxygen atoms in total. The van der Waals surface area contributed by atoms with Crippen LogP contribution < -0.4 is 4.83 Å². The third kappa shape index (κ3) is 5.72. The second-order valence-electron chi connectivity index (χ2n) is 5.95. The molecule has 0 atom stereocenters. The first-order valence-corrected chi connectivity index (χ1v) is 11.2. The number of nitrogens with zero attached hydrogens (tertiary/aromatic N) is 2. The van der Waals surface area contributed by atoms with E-state index in [1.165, 1.54) is 18.3 Å². The molecule has 0 saturated heterocycles. The molecule has 2 aromatic heterocycles. The van der Waals surface area contributed by atoms with E-state index in [4.69, 9.17) is 23.2 Å². The van der Waals surface area contributed by atoms with E-state index in [0.29, 0.717) is 21.7 Å². The van der Waals surface area contributed by atoms with E-state index >= 15 is 0 Å². The number of hydrogen-bond donors (Lipinski definition) is 1. The largest absolute Gasteiger partial charge is 0.417 e. The minimum atomic E-state index is -4.54. The van der Waals surface area contributed by atoms with Gasteiger partial charge < -0.3 is 0 Å². The van der Waals surface area contributed by atoms with E-state index in [1.54, 1.807) is 24.3 Å². The van der Waals surface area contributed by atoms with Gasteiger partial charge in [-0.05, 0) is 35.9 Å². The van der Waals surface area contributed by atoms with Crippen molar-refractivity contribution in [1.29, 1.82) is 0 Å². The van der Waals surface area contributed by atoms with E-state index < -0.39 is 21.8 Å². The van der Waals surface area contributed by atoms with E-state index in [2.05, 4.69) is 14.9 Å². The van der Waals surface area contributed by atoms with Gasteiger partial charge in [0.25, 0.3) is 10.0 Å². The maximum absolute atomic E-state index is 12.7. The summed E-state index contributed by atoms with van der Waals surface area (Å²) in [6.07, 6.45) is -2.43. The standard InChI is InChI=1S/C18H12Cl2F3N3O2S2/c19-13-3-1-11(2-4-13)9-25-26-30(27,28)17-6-5-14(29-17)8-16-15(20)7-12(10-24-16)18(21,22)23/h1-7,9-10,26H,8H2. The van der Waals surface area contributed by atoms with Gasteiger partial charge in [0.2, 0.25) is 0 Å². The van der Waals surface area contributed by atoms with Crippen LogP contribution in [-0.4, -0.2) is 19.6 Å². The first-order valence-electron chi connectivity index (χ1n) is 8.15. The van der Waals surface area contributed by atoms with Crippen LogP contribution in [0.15, 0.2) is 58.0 Å². The fourth-order valence-corrected chi connectivity index (χ4v) is 4.78. The van der Waals surface area contributed by atoms with Crippen molar-refractivity contribution in [1.82, 2.24) is 9.82 Å². The second kappa shape index (κ2) is 8.93. The summed E-state index contributed by atoms with van der Waals surface area (Å²) in [7, 11) is -3.90. The summed E-state index contributed by atoms with van der Waals surface area (Å²) < 4.78 is 62.8. The van der Waals surface area contributed by atoms with E-state index in [-0.39, 0.29) is 21.3 Å². The first-order chi connectivity index (χ1) is 14.0. The van der Waals surface area contributed by atoms with Gasteiger partial charge in [-0.3, -0.25) is 4.98 Å². The summed E-state index contributed by atoms with van der Waals surface area (Å²) >= 11 is 12.6. The lowest BCUT2D eigenvalue weighted by Gasteiger charge is -2.08. The predicted molar refractivity (Wildman–Crippen MR) is 111 cm³/mol. The van der Waals surface area contributed by atoms with Crippen LogP contribution in [0.4, 0.5) is 13.2 Å². The van der Waals surface area contributed by atoms with Crippen molar-refractivity contribution >= 4 is 50.8 Å². The minimum Gasteiger partial charge on any atom is -0.259 e. The number of aromatic nitrogens is 1. The third-order valence-electron chi connectivity index (χ3n) is 3.74. The average Bonchev–Trinajstić information content (AvgIpc) is 3.14. The molecule has 0 saturated carbocycles. The van der Waals surface area contributed by atoms with Gasteiger partial charge in [-0.2, -0.15) is 31.5 Å². The highest BCUT2D eigenvalue weighted by atomic mass is 35.5. The van der Waals surface area contributed by atoms with Crippen LogP contribution in [0.1, 0.15) is 21.7 Å². The van der Waals surface area contributed by atoms with Gasteiger partial charge in [0.15, 0.2) is 0 Å². The minimum absolute atomic E-state index is 0.00575. The molecule has 2 heterocycles. The van der Waals surface area contributed by atoms with Crippen LogP contribution in [0.25, 0.3) is 0 Å². The Hall–Kier alpha value is -2.14. The highest BCUT2D eigenvalue weighted by molar-refractivity contribution is 7.91. The first kappa shape index (κ1) is 22.5. The number of nitrogens with one attached hydrogen (secondary N) is 1. The molecule has 0 radical (unpaired) electrons. The smallest absolute Gasteiger partial charge is 0.259 e. The molecule has 0 aliphatic rings. The van der Waals surface area contributed by atoms with Crippen LogP contribution in [0.2, 0.25) is 10.0 Å². The summed E-state index contributed by atoms with van der Waals surface area (Å²) in [5.41, 5.74) is -0.0883. The Morgan fingerprint density at radius 2 is 1.83 bits per heavy atom. The molecule has 12 heteroatoms. The number of halogens is 5. The van der Waals surface area contributed by atoms with Crippen molar-refractivity contribution in [2.75, 3.05) is 0 Å². The van der Waals surface area contributed by atoms with Crippen molar-refractivity contribution in [2.24, 2.45) is 5.10 Å². The summed E-state index contributed by atoms with van der Waals surface area (Å²) in [5.74, 6) is 0. The van der Waals surface area contributed by atoms with Crippen LogP contribution in [0, 0.1) is 0 Å². The number of pyridine rings is 1. The quantitative estimate of drug-likeness (QED) is 0.370. The fourth-order valence-electron chi connectivity index (χ4n) is 2.28. The summed E-state index contributed by atoms with van der Waals surface area (Å²) in [5, 5.41) is 4.12. The lowest BCUT2D eigenvalue weighted by atomic mass is 10.2. The van der Waals surface area contributed by atoms with Crippen molar-refractivity contribution in [3.63, 3.8) is 0 Å². The molecule has 1 N–H and O–H groups in total. The van der Waals surface area contributed by atoms with Crippen molar-refractivity contribution in [2.45, 2.75) is 16.8 Å². The molecule has 0 aliphatic heterocycles. The number of thiophene rings is 1. The van der Waals surface area contributed by atoms with Gasteiger partial charge in [0.1, 0.15) is 4.21 Å². The van der Waals surface area contributed by atoms with Gasteiger partial charge in [0, 0.05) is 22.5 Å². The van der Waals surface area contributed by atoms with E-state index in [1.807, 2.05) is 0 Å². The zero-order valence-corrected chi connectivity index (χ0v) is 18.0. The molecule has 3 aromatic rings.